The van der Waals surface area contributed by atoms with Crippen molar-refractivity contribution in [2.24, 2.45) is 17.6 Å². The third kappa shape index (κ3) is 2.89. The highest BCUT2D eigenvalue weighted by molar-refractivity contribution is 6.32. The fraction of sp³-hybridized carbons (Fsp3) is 0.625. The summed E-state index contributed by atoms with van der Waals surface area (Å²) in [6, 6.07) is 6.31. The van der Waals surface area contributed by atoms with Crippen molar-refractivity contribution in [3.05, 3.63) is 34.3 Å². The van der Waals surface area contributed by atoms with Crippen molar-refractivity contribution in [3.8, 4) is 0 Å². The van der Waals surface area contributed by atoms with Gasteiger partial charge in [0.25, 0.3) is 0 Å². The molecule has 2 rings (SSSR count). The van der Waals surface area contributed by atoms with Crippen LogP contribution in [0.5, 0.6) is 0 Å². The monoisotopic (exact) mass is 265 g/mol. The summed E-state index contributed by atoms with van der Waals surface area (Å²) in [5.74, 6) is 1.52. The molecule has 1 aliphatic carbocycles. The predicted octanol–water partition coefficient (Wildman–Crippen LogP) is 4.86. The van der Waals surface area contributed by atoms with Crippen LogP contribution in [-0.4, -0.2) is 0 Å². The van der Waals surface area contributed by atoms with E-state index in [9.17, 15) is 0 Å². The molecule has 1 atom stereocenters. The molecule has 0 aliphatic heterocycles. The van der Waals surface area contributed by atoms with E-state index in [1.165, 1.54) is 32.1 Å². The average molecular weight is 266 g/mol. The molecule has 1 aromatic rings. The molecule has 0 bridgehead atoms. The van der Waals surface area contributed by atoms with Crippen LogP contribution < -0.4 is 5.73 Å². The highest BCUT2D eigenvalue weighted by Crippen LogP contribution is 2.38. The van der Waals surface area contributed by atoms with Crippen LogP contribution in [0.15, 0.2) is 18.2 Å². The van der Waals surface area contributed by atoms with Gasteiger partial charge in [0.2, 0.25) is 0 Å². The Kier molecular flexibility index (Phi) is 4.69. The van der Waals surface area contributed by atoms with Gasteiger partial charge in [-0.15, -0.1) is 0 Å². The zero-order chi connectivity index (χ0) is 13.1. The first-order chi connectivity index (χ1) is 8.63. The lowest BCUT2D eigenvalue weighted by Crippen LogP contribution is -2.26. The van der Waals surface area contributed by atoms with Crippen LogP contribution in [-0.2, 0) is 0 Å². The Bertz CT molecular complexity index is 394. The van der Waals surface area contributed by atoms with E-state index in [1.54, 1.807) is 0 Å². The van der Waals surface area contributed by atoms with Crippen LogP contribution in [0.2, 0.25) is 5.02 Å². The van der Waals surface area contributed by atoms with Crippen molar-refractivity contribution in [2.75, 3.05) is 0 Å². The number of hydrogen-bond donors (Lipinski definition) is 1. The van der Waals surface area contributed by atoms with Gasteiger partial charge in [0.05, 0.1) is 0 Å². The molecule has 2 N–H and O–H groups in total. The minimum atomic E-state index is 0.107. The molecule has 0 radical (unpaired) electrons. The number of halogens is 1. The summed E-state index contributed by atoms with van der Waals surface area (Å²) in [7, 11) is 0. The molecule has 1 aliphatic rings. The number of aryl methyl sites for hydroxylation is 1. The van der Waals surface area contributed by atoms with Crippen molar-refractivity contribution in [1.82, 2.24) is 0 Å². The van der Waals surface area contributed by atoms with E-state index in [2.05, 4.69) is 19.1 Å². The van der Waals surface area contributed by atoms with Crippen LogP contribution in [0.4, 0.5) is 0 Å². The summed E-state index contributed by atoms with van der Waals surface area (Å²) >= 11 is 6.38. The molecule has 100 valence electrons. The maximum absolute atomic E-state index is 6.44. The van der Waals surface area contributed by atoms with Gasteiger partial charge in [-0.25, -0.2) is 0 Å². The van der Waals surface area contributed by atoms with Crippen LogP contribution in [0.3, 0.4) is 0 Å². The van der Waals surface area contributed by atoms with Gasteiger partial charge in [-0.3, -0.25) is 0 Å². The SMILES string of the molecule is CCC1CCC(C(N)c2cccc(C)c2Cl)CC1. The highest BCUT2D eigenvalue weighted by Gasteiger charge is 2.26. The Hall–Kier alpha value is -0.530. The van der Waals surface area contributed by atoms with Gasteiger partial charge >= 0.3 is 0 Å². The number of benzene rings is 1. The first-order valence-corrected chi connectivity index (χ1v) is 7.51. The lowest BCUT2D eigenvalue weighted by Gasteiger charge is -2.32. The van der Waals surface area contributed by atoms with Crippen molar-refractivity contribution >= 4 is 11.6 Å². The van der Waals surface area contributed by atoms with Gasteiger partial charge in [0, 0.05) is 11.1 Å². The molecule has 0 spiro atoms. The molecule has 1 unspecified atom stereocenters. The second-order valence-corrected chi connectivity index (χ2v) is 6.07. The molecular formula is C16H24ClN. The highest BCUT2D eigenvalue weighted by atomic mass is 35.5. The molecule has 0 heterocycles. The summed E-state index contributed by atoms with van der Waals surface area (Å²) in [5, 5.41) is 0.864. The van der Waals surface area contributed by atoms with Gasteiger partial charge in [-0.2, -0.15) is 0 Å². The van der Waals surface area contributed by atoms with Crippen LogP contribution in [0.25, 0.3) is 0 Å². The number of nitrogens with two attached hydrogens (primary N) is 1. The Labute approximate surface area is 116 Å². The van der Waals surface area contributed by atoms with Crippen LogP contribution in [0, 0.1) is 18.8 Å². The fourth-order valence-electron chi connectivity index (χ4n) is 3.14. The largest absolute Gasteiger partial charge is 0.324 e. The average Bonchev–Trinajstić information content (AvgIpc) is 2.41. The zero-order valence-electron chi connectivity index (χ0n) is 11.5. The smallest absolute Gasteiger partial charge is 0.0483 e. The molecule has 0 amide bonds. The standard InChI is InChI=1S/C16H24ClN/c1-3-12-7-9-13(10-8-12)16(18)14-6-4-5-11(2)15(14)17/h4-6,12-13,16H,3,7-10,18H2,1-2H3. The van der Waals surface area contributed by atoms with Crippen molar-refractivity contribution < 1.29 is 0 Å². The summed E-state index contributed by atoms with van der Waals surface area (Å²) < 4.78 is 0. The number of rotatable bonds is 3. The van der Waals surface area contributed by atoms with Crippen molar-refractivity contribution in [3.63, 3.8) is 0 Å². The predicted molar refractivity (Wildman–Crippen MR) is 78.9 cm³/mol. The summed E-state index contributed by atoms with van der Waals surface area (Å²) in [6.07, 6.45) is 6.48. The second-order valence-electron chi connectivity index (χ2n) is 5.69. The van der Waals surface area contributed by atoms with Gasteiger partial charge in [-0.1, -0.05) is 56.0 Å². The fourth-order valence-corrected chi connectivity index (χ4v) is 3.39. The lowest BCUT2D eigenvalue weighted by atomic mass is 9.76. The molecule has 1 fully saturated rings. The summed E-state index contributed by atoms with van der Waals surface area (Å²) in [5.41, 5.74) is 8.71. The Morgan fingerprint density at radius 1 is 1.28 bits per heavy atom. The molecular weight excluding hydrogens is 242 g/mol. The molecule has 1 saturated carbocycles. The van der Waals surface area contributed by atoms with E-state index in [4.69, 9.17) is 17.3 Å². The maximum Gasteiger partial charge on any atom is 0.0483 e. The van der Waals surface area contributed by atoms with E-state index in [0.717, 1.165) is 22.1 Å². The molecule has 18 heavy (non-hydrogen) atoms. The summed E-state index contributed by atoms with van der Waals surface area (Å²) in [6.45, 7) is 4.34. The van der Waals surface area contributed by atoms with Crippen molar-refractivity contribution in [1.29, 1.82) is 0 Å². The second kappa shape index (κ2) is 6.08. The lowest BCUT2D eigenvalue weighted by molar-refractivity contribution is 0.240. The topological polar surface area (TPSA) is 26.0 Å². The van der Waals surface area contributed by atoms with Gasteiger partial charge < -0.3 is 5.73 Å². The number of hydrogen-bond acceptors (Lipinski definition) is 1. The first-order valence-electron chi connectivity index (χ1n) is 7.14. The molecule has 1 nitrogen and oxygen atoms in total. The van der Waals surface area contributed by atoms with Gasteiger partial charge in [0.15, 0.2) is 0 Å². The minimum Gasteiger partial charge on any atom is -0.324 e. The van der Waals surface area contributed by atoms with Gasteiger partial charge in [-0.05, 0) is 42.7 Å². The van der Waals surface area contributed by atoms with E-state index in [0.29, 0.717) is 5.92 Å². The van der Waals surface area contributed by atoms with E-state index in [-0.39, 0.29) is 6.04 Å². The van der Waals surface area contributed by atoms with Crippen molar-refractivity contribution in [2.45, 2.75) is 52.0 Å². The van der Waals surface area contributed by atoms with E-state index in [1.807, 2.05) is 13.0 Å². The van der Waals surface area contributed by atoms with E-state index < -0.39 is 0 Å². The van der Waals surface area contributed by atoms with Gasteiger partial charge in [0.1, 0.15) is 0 Å². The molecule has 2 heteroatoms. The summed E-state index contributed by atoms with van der Waals surface area (Å²) in [4.78, 5) is 0. The Morgan fingerprint density at radius 2 is 1.94 bits per heavy atom. The molecule has 0 saturated heterocycles. The zero-order valence-corrected chi connectivity index (χ0v) is 12.2. The minimum absolute atomic E-state index is 0.107. The van der Waals surface area contributed by atoms with Crippen LogP contribution >= 0.6 is 11.6 Å². The third-order valence-electron chi connectivity index (χ3n) is 4.56. The normalized spacial score (nSPS) is 26.0. The molecule has 1 aromatic carbocycles. The van der Waals surface area contributed by atoms with E-state index >= 15 is 0 Å². The Balaban J connectivity index is 2.08. The molecule has 0 aromatic heterocycles. The quantitative estimate of drug-likeness (QED) is 0.829. The third-order valence-corrected chi connectivity index (χ3v) is 5.07. The van der Waals surface area contributed by atoms with Crippen LogP contribution in [0.1, 0.15) is 56.2 Å². The maximum atomic E-state index is 6.44. The Morgan fingerprint density at radius 3 is 2.56 bits per heavy atom. The first kappa shape index (κ1) is 13.9.